The number of nitrogens with one attached hydrogen (secondary N) is 1. The summed E-state index contributed by atoms with van der Waals surface area (Å²) in [5, 5.41) is 0.926. The zero-order valence-electron chi connectivity index (χ0n) is 16.5. The molecule has 0 radical (unpaired) electrons. The maximum absolute atomic E-state index is 12.5. The molecule has 3 N–H and O–H groups in total. The summed E-state index contributed by atoms with van der Waals surface area (Å²) < 4.78 is 30.7. The number of aromatic nitrogens is 2. The van der Waals surface area contributed by atoms with Gasteiger partial charge >= 0.3 is 5.97 Å². The molecule has 2 aromatic heterocycles. The van der Waals surface area contributed by atoms with Gasteiger partial charge in [0.15, 0.2) is 12.4 Å². The maximum Gasteiger partial charge on any atom is 0.340 e. The number of sulfonamides is 1. The Morgan fingerprint density at radius 3 is 2.77 bits per heavy atom. The second-order valence-corrected chi connectivity index (χ2v) is 10.1. The molecule has 1 aliphatic carbocycles. The number of carbonyl (C=O) groups is 1. The smallest absolute Gasteiger partial charge is 0.340 e. The van der Waals surface area contributed by atoms with Gasteiger partial charge < -0.3 is 10.5 Å². The van der Waals surface area contributed by atoms with Gasteiger partial charge in [-0.15, -0.1) is 11.3 Å². The number of aryl methyl sites for hydroxylation is 2. The number of ether oxygens (including phenoxy) is 1. The van der Waals surface area contributed by atoms with E-state index < -0.39 is 16.0 Å². The fraction of sp³-hybridized carbons (Fsp3) is 0.350. The van der Waals surface area contributed by atoms with Crippen molar-refractivity contribution in [3.63, 3.8) is 0 Å². The van der Waals surface area contributed by atoms with Crippen LogP contribution in [0.15, 0.2) is 24.3 Å². The van der Waals surface area contributed by atoms with Gasteiger partial charge in [0.2, 0.25) is 10.0 Å². The number of para-hydroxylation sites is 1. The number of nitrogen functional groups attached to an aromatic ring is 1. The number of hydrogen-bond donors (Lipinski definition) is 2. The first kappa shape index (κ1) is 20.5. The zero-order chi connectivity index (χ0) is 21.3. The second-order valence-electron chi connectivity index (χ2n) is 7.27. The fourth-order valence-corrected chi connectivity index (χ4v) is 5.50. The normalized spacial score (nSPS) is 14.2. The van der Waals surface area contributed by atoms with Crippen molar-refractivity contribution in [2.45, 2.75) is 38.7 Å². The van der Waals surface area contributed by atoms with E-state index in [1.54, 1.807) is 23.5 Å². The van der Waals surface area contributed by atoms with Gasteiger partial charge in [-0.05, 0) is 43.4 Å². The molecule has 2 heterocycles. The quantitative estimate of drug-likeness (QED) is 0.455. The van der Waals surface area contributed by atoms with Crippen molar-refractivity contribution in [2.24, 2.45) is 0 Å². The van der Waals surface area contributed by atoms with Gasteiger partial charge in [-0.3, -0.25) is 4.72 Å². The van der Waals surface area contributed by atoms with Gasteiger partial charge in [0, 0.05) is 4.88 Å². The number of anilines is 2. The summed E-state index contributed by atoms with van der Waals surface area (Å²) >= 11 is 1.63. The van der Waals surface area contributed by atoms with Crippen LogP contribution >= 0.6 is 11.3 Å². The third-order valence-electron chi connectivity index (χ3n) is 4.91. The van der Waals surface area contributed by atoms with Crippen LogP contribution in [-0.2, 0) is 34.2 Å². The molecule has 0 atom stereocenters. The van der Waals surface area contributed by atoms with Crippen LogP contribution in [0.2, 0.25) is 0 Å². The summed E-state index contributed by atoms with van der Waals surface area (Å²) in [5.41, 5.74) is 7.75. The summed E-state index contributed by atoms with van der Waals surface area (Å²) in [4.78, 5) is 23.6. The van der Waals surface area contributed by atoms with Gasteiger partial charge in [-0.1, -0.05) is 18.6 Å². The van der Waals surface area contributed by atoms with E-state index in [-0.39, 0.29) is 17.9 Å². The molecule has 0 saturated carbocycles. The minimum absolute atomic E-state index is 0.111. The molecule has 8 nitrogen and oxygen atoms in total. The lowest BCUT2D eigenvalue weighted by molar-refractivity contribution is 0.0464. The zero-order valence-corrected chi connectivity index (χ0v) is 18.1. The van der Waals surface area contributed by atoms with Crippen molar-refractivity contribution >= 4 is 49.1 Å². The number of benzene rings is 1. The number of nitrogens with zero attached hydrogens (tertiary/aromatic N) is 2. The lowest BCUT2D eigenvalue weighted by Crippen LogP contribution is -2.15. The molecule has 0 unspecified atom stereocenters. The number of esters is 1. The highest BCUT2D eigenvalue weighted by atomic mass is 32.2. The third kappa shape index (κ3) is 4.39. The van der Waals surface area contributed by atoms with Gasteiger partial charge in [0.1, 0.15) is 10.6 Å². The lowest BCUT2D eigenvalue weighted by atomic mass is 10.1. The highest BCUT2D eigenvalue weighted by Gasteiger charge is 2.20. The Bertz CT molecular complexity index is 1220. The number of rotatable bonds is 5. The van der Waals surface area contributed by atoms with Crippen molar-refractivity contribution in [3.8, 4) is 0 Å². The molecule has 0 aliphatic heterocycles. The Labute approximate surface area is 178 Å². The van der Waals surface area contributed by atoms with Crippen molar-refractivity contribution in [1.82, 2.24) is 9.97 Å². The van der Waals surface area contributed by atoms with Crippen molar-refractivity contribution in [1.29, 1.82) is 0 Å². The van der Waals surface area contributed by atoms with E-state index in [1.807, 2.05) is 0 Å². The summed E-state index contributed by atoms with van der Waals surface area (Å²) in [5.74, 6) is 0.0499. The Balaban J connectivity index is 1.55. The summed E-state index contributed by atoms with van der Waals surface area (Å²) in [6.45, 7) is -0.158. The van der Waals surface area contributed by atoms with E-state index in [9.17, 15) is 13.2 Å². The molecule has 0 spiro atoms. The summed E-state index contributed by atoms with van der Waals surface area (Å²) in [6, 6.07) is 6.24. The molecule has 158 valence electrons. The first-order chi connectivity index (χ1) is 14.3. The predicted octanol–water partition coefficient (Wildman–Crippen LogP) is 3.27. The number of fused-ring (bicyclic) bond motifs is 3. The van der Waals surface area contributed by atoms with E-state index in [0.717, 1.165) is 35.7 Å². The standard InChI is InChI=1S/C20H22N4O4S2/c1-30(26,27)24-14-9-6-5-7-12(14)20(25)28-11-16-22-18(21)17-13-8-3-2-4-10-15(13)29-19(17)23-16/h5-7,9,24H,2-4,8,10-11H2,1H3,(H2,21,22,23). The van der Waals surface area contributed by atoms with Gasteiger partial charge in [0.25, 0.3) is 0 Å². The molecule has 0 saturated heterocycles. The number of hydrogen-bond acceptors (Lipinski definition) is 8. The largest absolute Gasteiger partial charge is 0.454 e. The third-order valence-corrected chi connectivity index (χ3v) is 6.69. The SMILES string of the molecule is CS(=O)(=O)Nc1ccccc1C(=O)OCc1nc(N)c2c3c(sc2n1)CCCCC3. The Kier molecular flexibility index (Phi) is 5.61. The molecule has 0 amide bonds. The number of thiophene rings is 1. The van der Waals surface area contributed by atoms with E-state index in [0.29, 0.717) is 11.6 Å². The van der Waals surface area contributed by atoms with Crippen molar-refractivity contribution < 1.29 is 17.9 Å². The molecule has 3 aromatic rings. The van der Waals surface area contributed by atoms with Crippen LogP contribution in [0.5, 0.6) is 0 Å². The number of carbonyl (C=O) groups excluding carboxylic acids is 1. The van der Waals surface area contributed by atoms with Gasteiger partial charge in [0.05, 0.1) is 22.9 Å². The molecule has 30 heavy (non-hydrogen) atoms. The van der Waals surface area contributed by atoms with Crippen LogP contribution in [-0.4, -0.2) is 30.6 Å². The highest BCUT2D eigenvalue weighted by molar-refractivity contribution is 7.92. The molecule has 4 rings (SSSR count). The minimum atomic E-state index is -3.53. The van der Waals surface area contributed by atoms with Crippen LogP contribution in [0.3, 0.4) is 0 Å². The predicted molar refractivity (Wildman–Crippen MR) is 117 cm³/mol. The topological polar surface area (TPSA) is 124 Å². The highest BCUT2D eigenvalue weighted by Crippen LogP contribution is 2.37. The molecule has 0 bridgehead atoms. The van der Waals surface area contributed by atoms with E-state index in [1.165, 1.54) is 35.4 Å². The Morgan fingerprint density at radius 2 is 1.97 bits per heavy atom. The van der Waals surface area contributed by atoms with E-state index in [4.69, 9.17) is 10.5 Å². The van der Waals surface area contributed by atoms with Crippen LogP contribution in [0.25, 0.3) is 10.2 Å². The average Bonchev–Trinajstić information content (AvgIpc) is 2.87. The second kappa shape index (κ2) is 8.19. The molecule has 1 aliphatic rings. The van der Waals surface area contributed by atoms with Crippen LogP contribution in [0, 0.1) is 0 Å². The minimum Gasteiger partial charge on any atom is -0.454 e. The molecule has 0 fully saturated rings. The molecular weight excluding hydrogens is 424 g/mol. The fourth-order valence-electron chi connectivity index (χ4n) is 3.63. The average molecular weight is 447 g/mol. The van der Waals surface area contributed by atoms with Crippen molar-refractivity contribution in [2.75, 3.05) is 16.7 Å². The van der Waals surface area contributed by atoms with Crippen LogP contribution in [0.4, 0.5) is 11.5 Å². The number of nitrogens with two attached hydrogens (primary N) is 1. The first-order valence-corrected chi connectivity index (χ1v) is 12.3. The van der Waals surface area contributed by atoms with E-state index >= 15 is 0 Å². The van der Waals surface area contributed by atoms with E-state index in [2.05, 4.69) is 14.7 Å². The Hall–Kier alpha value is -2.72. The van der Waals surface area contributed by atoms with Crippen molar-refractivity contribution in [3.05, 3.63) is 46.1 Å². The molecular formula is C20H22N4O4S2. The molecule has 1 aromatic carbocycles. The van der Waals surface area contributed by atoms with Crippen LogP contribution < -0.4 is 10.5 Å². The maximum atomic E-state index is 12.5. The summed E-state index contributed by atoms with van der Waals surface area (Å²) in [7, 11) is -3.53. The lowest BCUT2D eigenvalue weighted by Gasteiger charge is -2.10. The Morgan fingerprint density at radius 1 is 1.20 bits per heavy atom. The summed E-state index contributed by atoms with van der Waals surface area (Å²) in [6.07, 6.45) is 6.56. The molecule has 10 heteroatoms. The van der Waals surface area contributed by atoms with Gasteiger partial charge in [-0.2, -0.15) is 0 Å². The van der Waals surface area contributed by atoms with Crippen LogP contribution in [0.1, 0.15) is 45.9 Å². The monoisotopic (exact) mass is 446 g/mol. The first-order valence-electron chi connectivity index (χ1n) is 9.62. The van der Waals surface area contributed by atoms with Gasteiger partial charge in [-0.25, -0.2) is 23.2 Å².